The number of benzene rings is 3. The second-order valence-corrected chi connectivity index (χ2v) is 11.5. The maximum absolute atomic E-state index is 13.1. The molecule has 7 nitrogen and oxygen atoms in total. The standard InChI is InChI=1S/C32H31BrN2O5S/c33-17-16-26-18-35(32(37)34-30(26)36)31-29(40-21-25-14-8-3-9-15-25)28(39-20-24-12-6-2-7-13-24)27(41-31)22-38-19-23-10-4-1-5-11-23/h1-18,27-29,31H,19-22H2,(H,34,36,37)/b17-16+/t27-,28-,29+,31?/m1/s1. The zero-order chi connectivity index (χ0) is 28.4. The van der Waals surface area contributed by atoms with Crippen molar-refractivity contribution in [3.8, 4) is 0 Å². The molecular formula is C32H31BrN2O5S. The zero-order valence-electron chi connectivity index (χ0n) is 22.3. The van der Waals surface area contributed by atoms with E-state index in [4.69, 9.17) is 14.2 Å². The summed E-state index contributed by atoms with van der Waals surface area (Å²) in [6.45, 7) is 1.59. The minimum atomic E-state index is -0.501. The molecule has 212 valence electrons. The van der Waals surface area contributed by atoms with Gasteiger partial charge >= 0.3 is 5.69 Å². The van der Waals surface area contributed by atoms with Crippen molar-refractivity contribution >= 4 is 33.8 Å². The Bertz CT molecular complexity index is 1530. The minimum Gasteiger partial charge on any atom is -0.376 e. The molecule has 1 N–H and O–H groups in total. The van der Waals surface area contributed by atoms with Gasteiger partial charge in [-0.15, -0.1) is 11.8 Å². The van der Waals surface area contributed by atoms with Crippen LogP contribution in [0.3, 0.4) is 0 Å². The van der Waals surface area contributed by atoms with Crippen molar-refractivity contribution in [2.75, 3.05) is 6.61 Å². The molecule has 1 aliphatic rings. The molecule has 0 amide bonds. The van der Waals surface area contributed by atoms with E-state index in [2.05, 4.69) is 20.9 Å². The van der Waals surface area contributed by atoms with Gasteiger partial charge in [0.15, 0.2) is 0 Å². The van der Waals surface area contributed by atoms with E-state index >= 15 is 0 Å². The SMILES string of the molecule is O=c1[nH]c(=O)n(C2S[C@H](COCc3ccccc3)[C@@H](OCc3ccccc3)[C@@H]2OCc2ccccc2)cc1/C=C/Br. The molecular weight excluding hydrogens is 604 g/mol. The van der Waals surface area contributed by atoms with Crippen LogP contribution in [0.25, 0.3) is 6.08 Å². The van der Waals surface area contributed by atoms with Crippen molar-refractivity contribution in [1.29, 1.82) is 0 Å². The van der Waals surface area contributed by atoms with Gasteiger partial charge in [-0.3, -0.25) is 14.3 Å². The molecule has 4 atom stereocenters. The molecule has 1 saturated heterocycles. The Hall–Kier alpha value is -3.21. The molecule has 41 heavy (non-hydrogen) atoms. The zero-order valence-corrected chi connectivity index (χ0v) is 24.7. The van der Waals surface area contributed by atoms with E-state index in [1.54, 1.807) is 33.6 Å². The van der Waals surface area contributed by atoms with Crippen molar-refractivity contribution in [2.24, 2.45) is 0 Å². The van der Waals surface area contributed by atoms with Gasteiger partial charge in [-0.05, 0) is 27.8 Å². The van der Waals surface area contributed by atoms with Crippen molar-refractivity contribution in [3.05, 3.63) is 145 Å². The lowest BCUT2D eigenvalue weighted by Gasteiger charge is -2.27. The average molecular weight is 636 g/mol. The summed E-state index contributed by atoms with van der Waals surface area (Å²) >= 11 is 4.79. The smallest absolute Gasteiger partial charge is 0.329 e. The monoisotopic (exact) mass is 634 g/mol. The first-order chi connectivity index (χ1) is 20.1. The number of halogens is 1. The number of nitrogens with one attached hydrogen (secondary N) is 1. The summed E-state index contributed by atoms with van der Waals surface area (Å²) in [4.78, 5) is 29.6. The molecule has 0 bridgehead atoms. The van der Waals surface area contributed by atoms with E-state index in [9.17, 15) is 9.59 Å². The maximum atomic E-state index is 13.1. The third-order valence-electron chi connectivity index (χ3n) is 6.76. The molecule has 0 radical (unpaired) electrons. The number of hydrogen-bond acceptors (Lipinski definition) is 6. The van der Waals surface area contributed by atoms with Crippen LogP contribution in [0, 0.1) is 0 Å². The summed E-state index contributed by atoms with van der Waals surface area (Å²) in [5.41, 5.74) is 2.53. The summed E-state index contributed by atoms with van der Waals surface area (Å²) in [6, 6.07) is 29.9. The van der Waals surface area contributed by atoms with Crippen LogP contribution in [0.2, 0.25) is 0 Å². The van der Waals surface area contributed by atoms with Crippen LogP contribution in [0.5, 0.6) is 0 Å². The van der Waals surface area contributed by atoms with Crippen molar-refractivity contribution in [3.63, 3.8) is 0 Å². The predicted molar refractivity (Wildman–Crippen MR) is 166 cm³/mol. The fraction of sp³-hybridized carbons (Fsp3) is 0.250. The number of thioether (sulfide) groups is 1. The van der Waals surface area contributed by atoms with Crippen molar-refractivity contribution in [1.82, 2.24) is 9.55 Å². The Kier molecular flexibility index (Phi) is 10.4. The topological polar surface area (TPSA) is 82.6 Å². The first-order valence-electron chi connectivity index (χ1n) is 13.3. The minimum absolute atomic E-state index is 0.137. The maximum Gasteiger partial charge on any atom is 0.329 e. The van der Waals surface area contributed by atoms with Gasteiger partial charge in [-0.25, -0.2) is 4.79 Å². The molecule has 4 aromatic rings. The lowest BCUT2D eigenvalue weighted by atomic mass is 10.1. The largest absolute Gasteiger partial charge is 0.376 e. The van der Waals surface area contributed by atoms with E-state index in [-0.39, 0.29) is 5.25 Å². The van der Waals surface area contributed by atoms with Crippen LogP contribution in [0.4, 0.5) is 0 Å². The molecule has 9 heteroatoms. The number of ether oxygens (including phenoxy) is 3. The van der Waals surface area contributed by atoms with E-state index in [1.807, 2.05) is 91.0 Å². The van der Waals surface area contributed by atoms with Gasteiger partial charge < -0.3 is 14.2 Å². The van der Waals surface area contributed by atoms with Crippen LogP contribution in [0.15, 0.2) is 112 Å². The van der Waals surface area contributed by atoms with Crippen LogP contribution >= 0.6 is 27.7 Å². The molecule has 0 aliphatic carbocycles. The first-order valence-corrected chi connectivity index (χ1v) is 15.2. The number of aromatic nitrogens is 2. The van der Waals surface area contributed by atoms with E-state index < -0.39 is 28.8 Å². The third-order valence-corrected chi connectivity index (χ3v) is 8.55. The molecule has 5 rings (SSSR count). The highest BCUT2D eigenvalue weighted by atomic mass is 79.9. The van der Waals surface area contributed by atoms with Gasteiger partial charge in [-0.1, -0.05) is 107 Å². The summed E-state index contributed by atoms with van der Waals surface area (Å²) in [5.74, 6) is 0. The highest BCUT2D eigenvalue weighted by Crippen LogP contribution is 2.45. The summed E-state index contributed by atoms with van der Waals surface area (Å²) in [5, 5.41) is -0.598. The van der Waals surface area contributed by atoms with Crippen LogP contribution in [0.1, 0.15) is 27.6 Å². The molecule has 3 aromatic carbocycles. The number of nitrogens with zero attached hydrogens (tertiary/aromatic N) is 1. The Morgan fingerprint density at radius 3 is 1.88 bits per heavy atom. The van der Waals surface area contributed by atoms with Gasteiger partial charge in [0.2, 0.25) is 0 Å². The van der Waals surface area contributed by atoms with Crippen LogP contribution in [-0.2, 0) is 34.0 Å². The third kappa shape index (κ3) is 7.75. The van der Waals surface area contributed by atoms with Gasteiger partial charge in [-0.2, -0.15) is 0 Å². The Morgan fingerprint density at radius 2 is 1.32 bits per heavy atom. The molecule has 2 heterocycles. The van der Waals surface area contributed by atoms with Gasteiger partial charge in [0.25, 0.3) is 5.56 Å². The number of rotatable bonds is 12. The van der Waals surface area contributed by atoms with E-state index in [0.29, 0.717) is 32.0 Å². The number of aromatic amines is 1. The van der Waals surface area contributed by atoms with Gasteiger partial charge in [0.05, 0.1) is 37.2 Å². The predicted octanol–water partition coefficient (Wildman–Crippen LogP) is 5.90. The lowest BCUT2D eigenvalue weighted by molar-refractivity contribution is -0.0920. The molecule has 0 saturated carbocycles. The number of H-pyrrole nitrogens is 1. The fourth-order valence-corrected chi connectivity index (χ4v) is 6.60. The highest BCUT2D eigenvalue weighted by Gasteiger charge is 2.47. The van der Waals surface area contributed by atoms with Gasteiger partial charge in [0.1, 0.15) is 17.6 Å². The molecule has 1 aromatic heterocycles. The van der Waals surface area contributed by atoms with Crippen molar-refractivity contribution < 1.29 is 14.2 Å². The second kappa shape index (κ2) is 14.6. The van der Waals surface area contributed by atoms with Crippen LogP contribution in [-0.4, -0.2) is 33.6 Å². The summed E-state index contributed by atoms with van der Waals surface area (Å²) in [7, 11) is 0. The van der Waals surface area contributed by atoms with E-state index in [0.717, 1.165) is 16.7 Å². The molecule has 1 aliphatic heterocycles. The second-order valence-electron chi connectivity index (χ2n) is 9.63. The first kappa shape index (κ1) is 29.3. The van der Waals surface area contributed by atoms with Crippen LogP contribution < -0.4 is 11.2 Å². The fourth-order valence-electron chi connectivity index (χ4n) is 4.72. The summed E-state index contributed by atoms with van der Waals surface area (Å²) in [6.07, 6.45) is 2.30. The Balaban J connectivity index is 1.46. The van der Waals surface area contributed by atoms with Crippen molar-refractivity contribution in [2.45, 2.75) is 42.7 Å². The average Bonchev–Trinajstić information content (AvgIpc) is 3.34. The Morgan fingerprint density at radius 1 is 0.780 bits per heavy atom. The van der Waals surface area contributed by atoms with E-state index in [1.165, 1.54) is 0 Å². The summed E-state index contributed by atoms with van der Waals surface area (Å²) < 4.78 is 20.8. The molecule has 0 spiro atoms. The number of hydrogen-bond donors (Lipinski definition) is 1. The highest BCUT2D eigenvalue weighted by molar-refractivity contribution is 9.11. The lowest BCUT2D eigenvalue weighted by Crippen LogP contribution is -2.41. The Labute approximate surface area is 251 Å². The molecule has 1 unspecified atom stereocenters. The molecule has 1 fully saturated rings. The van der Waals surface area contributed by atoms with Gasteiger partial charge in [0, 0.05) is 6.20 Å². The quantitative estimate of drug-likeness (QED) is 0.209. The normalized spacial score (nSPS) is 20.5.